The number of carbonyl (C=O) groups is 1. The Kier molecular flexibility index (Phi) is 13.1. The molecule has 0 spiro atoms. The molecule has 31 heavy (non-hydrogen) atoms. The van der Waals surface area contributed by atoms with Gasteiger partial charge in [-0.2, -0.15) is 0 Å². The Morgan fingerprint density at radius 3 is 2.61 bits per heavy atom. The van der Waals surface area contributed by atoms with Crippen LogP contribution in [-0.2, 0) is 14.4 Å². The molecule has 3 N–H and O–H groups in total. The fourth-order valence-electron chi connectivity index (χ4n) is 4.54. The molecule has 0 saturated carbocycles. The van der Waals surface area contributed by atoms with Crippen LogP contribution >= 0.6 is 0 Å². The number of ether oxygens (including phenoxy) is 1. The Morgan fingerprint density at radius 2 is 1.97 bits per heavy atom. The summed E-state index contributed by atoms with van der Waals surface area (Å²) >= 11 is 0. The fourth-order valence-corrected chi connectivity index (χ4v) is 4.54. The third kappa shape index (κ3) is 8.55. The van der Waals surface area contributed by atoms with E-state index in [0.29, 0.717) is 25.7 Å². The van der Waals surface area contributed by atoms with E-state index in [4.69, 9.17) is 4.74 Å². The summed E-state index contributed by atoms with van der Waals surface area (Å²) in [7, 11) is 0. The van der Waals surface area contributed by atoms with Crippen molar-refractivity contribution in [1.29, 1.82) is 0 Å². The maximum atomic E-state index is 12.4. The first-order valence-corrected chi connectivity index (χ1v) is 11.2. The minimum absolute atomic E-state index is 0. The van der Waals surface area contributed by atoms with E-state index in [1.165, 1.54) is 0 Å². The van der Waals surface area contributed by atoms with Crippen molar-refractivity contribution >= 4 is 5.97 Å². The van der Waals surface area contributed by atoms with Crippen LogP contribution in [0.5, 0.6) is 0 Å². The number of hydrogen-bond donors (Lipinski definition) is 3. The van der Waals surface area contributed by atoms with Gasteiger partial charge in [0.25, 0.3) is 0 Å². The average Bonchev–Trinajstić information content (AvgIpc) is 2.70. The molecule has 0 heterocycles. The van der Waals surface area contributed by atoms with E-state index in [-0.39, 0.29) is 78.6 Å². The molecule has 0 aromatic carbocycles. The van der Waals surface area contributed by atoms with Crippen LogP contribution in [-0.4, -0.2) is 52.3 Å². The maximum absolute atomic E-state index is 12.4. The van der Waals surface area contributed by atoms with Gasteiger partial charge in [-0.3, -0.25) is 4.79 Å². The third-order valence-electron chi connectivity index (χ3n) is 6.57. The minimum atomic E-state index is -0.776. The number of fused-ring (bicyclic) bond motifs is 1. The van der Waals surface area contributed by atoms with Crippen molar-refractivity contribution in [3.05, 3.63) is 23.8 Å². The molecule has 0 saturated heterocycles. The van der Waals surface area contributed by atoms with E-state index in [1.807, 2.05) is 26.0 Å². The van der Waals surface area contributed by atoms with Crippen molar-refractivity contribution in [3.63, 3.8) is 0 Å². The largest absolute Gasteiger partial charge is 1.00 e. The predicted molar refractivity (Wildman–Crippen MR) is 110 cm³/mol. The van der Waals surface area contributed by atoms with Gasteiger partial charge in [0.15, 0.2) is 0 Å². The molecule has 8 heteroatoms. The molecule has 2 rings (SSSR count). The van der Waals surface area contributed by atoms with Gasteiger partial charge >= 0.3 is 35.5 Å². The zero-order valence-corrected chi connectivity index (χ0v) is 21.3. The molecular weight excluding hydrogens is 411 g/mol. The molecule has 8 unspecified atom stereocenters. The summed E-state index contributed by atoms with van der Waals surface area (Å²) in [5.41, 5.74) is 0.987. The molecule has 0 aromatic rings. The second-order valence-electron chi connectivity index (χ2n) is 8.89. The van der Waals surface area contributed by atoms with Crippen LogP contribution in [0.1, 0.15) is 59.3 Å². The SMILES string of the molecule is CCC(C)C(=O)OC1CC(O)C=C2C=CC(C)C(CCC(O)CC(O)CCO[O-])C21.[Na+]. The first kappa shape index (κ1) is 28.8. The Balaban J connectivity index is 0.00000480. The van der Waals surface area contributed by atoms with Crippen LogP contribution in [0.3, 0.4) is 0 Å². The van der Waals surface area contributed by atoms with Gasteiger partial charge in [0.1, 0.15) is 6.10 Å². The van der Waals surface area contributed by atoms with Crippen LogP contribution in [0, 0.1) is 23.7 Å². The smallest absolute Gasteiger partial charge is 0.723 e. The van der Waals surface area contributed by atoms with Crippen LogP contribution in [0.4, 0.5) is 0 Å². The molecule has 8 atom stereocenters. The quantitative estimate of drug-likeness (QED) is 0.155. The number of allylic oxidation sites excluding steroid dienone is 2. The fraction of sp³-hybridized carbons (Fsp3) is 0.783. The molecule has 0 bridgehead atoms. The van der Waals surface area contributed by atoms with Gasteiger partial charge in [-0.05, 0) is 49.5 Å². The number of aliphatic hydroxyl groups is 3. The third-order valence-corrected chi connectivity index (χ3v) is 6.57. The van der Waals surface area contributed by atoms with Gasteiger partial charge in [0.2, 0.25) is 0 Å². The van der Waals surface area contributed by atoms with Gasteiger partial charge in [-0.1, -0.05) is 39.0 Å². The number of rotatable bonds is 11. The summed E-state index contributed by atoms with van der Waals surface area (Å²) in [5.74, 6) is -0.0561. The van der Waals surface area contributed by atoms with E-state index in [1.54, 1.807) is 0 Å². The molecule has 0 fully saturated rings. The van der Waals surface area contributed by atoms with E-state index >= 15 is 0 Å². The predicted octanol–water partition coefficient (Wildman–Crippen LogP) is -1.35. The van der Waals surface area contributed by atoms with Crippen molar-refractivity contribution in [2.24, 2.45) is 23.7 Å². The van der Waals surface area contributed by atoms with Crippen LogP contribution in [0.15, 0.2) is 23.8 Å². The monoisotopic (exact) mass is 448 g/mol. The van der Waals surface area contributed by atoms with Gasteiger partial charge in [0.05, 0.1) is 24.2 Å². The summed E-state index contributed by atoms with van der Waals surface area (Å²) < 4.78 is 5.86. The summed E-state index contributed by atoms with van der Waals surface area (Å²) in [6.07, 6.45) is 6.13. The minimum Gasteiger partial charge on any atom is -0.723 e. The van der Waals surface area contributed by atoms with Crippen molar-refractivity contribution < 1.29 is 64.6 Å². The van der Waals surface area contributed by atoms with Crippen LogP contribution in [0.2, 0.25) is 0 Å². The zero-order valence-electron chi connectivity index (χ0n) is 19.3. The van der Waals surface area contributed by atoms with Crippen LogP contribution < -0.4 is 34.8 Å². The molecule has 2 aliphatic rings. The van der Waals surface area contributed by atoms with E-state index in [9.17, 15) is 25.4 Å². The molecule has 2 aliphatic carbocycles. The zero-order chi connectivity index (χ0) is 22.3. The summed E-state index contributed by atoms with van der Waals surface area (Å²) in [6, 6.07) is 0. The number of aliphatic hydroxyl groups excluding tert-OH is 3. The molecule has 0 radical (unpaired) electrons. The van der Waals surface area contributed by atoms with Gasteiger partial charge in [-0.15, -0.1) is 0 Å². The Bertz CT molecular complexity index is 609. The molecule has 0 aromatic heterocycles. The van der Waals surface area contributed by atoms with Crippen molar-refractivity contribution in [3.8, 4) is 0 Å². The normalized spacial score (nSPS) is 30.4. The molecule has 0 aliphatic heterocycles. The summed E-state index contributed by atoms with van der Waals surface area (Å²) in [5, 5.41) is 40.6. The Hall–Kier alpha value is -0.250. The molecular formula is C23H37NaO7. The van der Waals surface area contributed by atoms with Gasteiger partial charge in [-0.25, -0.2) is 0 Å². The molecule has 7 nitrogen and oxygen atoms in total. The Labute approximate surface area is 207 Å². The summed E-state index contributed by atoms with van der Waals surface area (Å²) in [6.45, 7) is 5.82. The second kappa shape index (κ2) is 14.1. The topological polar surface area (TPSA) is 119 Å². The number of carbonyl (C=O) groups excluding carboxylic acids is 1. The van der Waals surface area contributed by atoms with E-state index in [2.05, 4.69) is 17.9 Å². The molecule has 172 valence electrons. The van der Waals surface area contributed by atoms with E-state index in [0.717, 1.165) is 5.57 Å². The second-order valence-corrected chi connectivity index (χ2v) is 8.89. The first-order valence-electron chi connectivity index (χ1n) is 11.2. The van der Waals surface area contributed by atoms with Crippen LogP contribution in [0.25, 0.3) is 0 Å². The van der Waals surface area contributed by atoms with Gasteiger partial charge < -0.3 is 30.2 Å². The standard InChI is InChI=1S/C23H38O7.Na/c1-4-14(2)23(27)30-21-13-19(26)11-16-6-5-15(3)20(22(16)21)8-7-17(24)12-18(25)9-10-29-28;/h5-6,11,14-15,17-22,24-26,28H,4,7-10,12-13H2,1-3H3;/q;+1/p-1. The van der Waals surface area contributed by atoms with Crippen molar-refractivity contribution in [1.82, 2.24) is 0 Å². The van der Waals surface area contributed by atoms with Crippen molar-refractivity contribution in [2.45, 2.75) is 83.7 Å². The summed E-state index contributed by atoms with van der Waals surface area (Å²) in [4.78, 5) is 16.2. The maximum Gasteiger partial charge on any atom is 1.00 e. The van der Waals surface area contributed by atoms with Crippen molar-refractivity contribution in [2.75, 3.05) is 6.61 Å². The molecule has 0 amide bonds. The first-order chi connectivity index (χ1) is 14.3. The average molecular weight is 449 g/mol. The van der Waals surface area contributed by atoms with Gasteiger partial charge in [0, 0.05) is 18.9 Å². The van der Waals surface area contributed by atoms with E-state index < -0.39 is 24.4 Å². The number of esters is 1. The Morgan fingerprint density at radius 1 is 1.29 bits per heavy atom. The number of hydrogen-bond acceptors (Lipinski definition) is 7.